The summed E-state index contributed by atoms with van der Waals surface area (Å²) >= 11 is 0. The lowest BCUT2D eigenvalue weighted by Crippen LogP contribution is -2.28. The second-order valence-corrected chi connectivity index (χ2v) is 4.68. The highest BCUT2D eigenvalue weighted by molar-refractivity contribution is 5.46. The van der Waals surface area contributed by atoms with Crippen LogP contribution in [0, 0.1) is 12.8 Å². The predicted octanol–water partition coefficient (Wildman–Crippen LogP) is 1.31. The van der Waals surface area contributed by atoms with Crippen LogP contribution >= 0.6 is 0 Å². The summed E-state index contributed by atoms with van der Waals surface area (Å²) in [7, 11) is 0. The summed E-state index contributed by atoms with van der Waals surface area (Å²) in [5.41, 5.74) is 3.44. The number of anilines is 2. The van der Waals surface area contributed by atoms with E-state index >= 15 is 0 Å². The Kier molecular flexibility index (Phi) is 2.96. The van der Waals surface area contributed by atoms with Crippen molar-refractivity contribution in [3.63, 3.8) is 0 Å². The fraction of sp³-hybridized carbons (Fsp3) is 0.636. The smallest absolute Gasteiger partial charge is 0.239 e. The molecular weight excluding hydrogens is 202 g/mol. The van der Waals surface area contributed by atoms with Crippen LogP contribution in [-0.4, -0.2) is 22.6 Å². The molecule has 5 heteroatoms. The molecule has 3 N–H and O–H groups in total. The first-order chi connectivity index (χ1) is 7.60. The highest BCUT2D eigenvalue weighted by atomic mass is 15.3. The number of nitrogens with one attached hydrogen (secondary N) is 1. The largest absolute Gasteiger partial charge is 0.353 e. The molecule has 2 heterocycles. The van der Waals surface area contributed by atoms with Crippen LogP contribution in [0.2, 0.25) is 0 Å². The molecule has 0 radical (unpaired) electrons. The van der Waals surface area contributed by atoms with Crippen molar-refractivity contribution >= 4 is 11.8 Å². The zero-order valence-electron chi connectivity index (χ0n) is 10.1. The first-order valence-corrected chi connectivity index (χ1v) is 5.69. The Hall–Kier alpha value is -1.36. The number of rotatable bonds is 2. The van der Waals surface area contributed by atoms with E-state index in [1.807, 2.05) is 13.0 Å². The van der Waals surface area contributed by atoms with Crippen LogP contribution in [-0.2, 0) is 0 Å². The molecule has 2 atom stereocenters. The normalized spacial score (nSPS) is 24.9. The molecule has 88 valence electrons. The summed E-state index contributed by atoms with van der Waals surface area (Å²) < 4.78 is 0. The zero-order valence-corrected chi connectivity index (χ0v) is 10.1. The maximum atomic E-state index is 5.35. The summed E-state index contributed by atoms with van der Waals surface area (Å²) in [4.78, 5) is 10.9. The molecule has 1 aliphatic heterocycles. The van der Waals surface area contributed by atoms with Crippen LogP contribution in [0.25, 0.3) is 0 Å². The van der Waals surface area contributed by atoms with Crippen LogP contribution < -0.4 is 16.2 Å². The first kappa shape index (κ1) is 11.1. The van der Waals surface area contributed by atoms with Gasteiger partial charge in [-0.25, -0.2) is 10.8 Å². The van der Waals surface area contributed by atoms with E-state index in [0.717, 1.165) is 24.0 Å². The number of nitrogens with two attached hydrogens (primary N) is 1. The number of hydrazine groups is 1. The third-order valence-corrected chi connectivity index (χ3v) is 3.05. The summed E-state index contributed by atoms with van der Waals surface area (Å²) in [5.74, 6) is 7.53. The molecule has 0 bridgehead atoms. The summed E-state index contributed by atoms with van der Waals surface area (Å²) in [6, 6.07) is 2.55. The number of hydrogen-bond donors (Lipinski definition) is 2. The Bertz CT molecular complexity index is 379. The molecule has 0 spiro atoms. The van der Waals surface area contributed by atoms with Gasteiger partial charge in [0, 0.05) is 24.3 Å². The van der Waals surface area contributed by atoms with Crippen molar-refractivity contribution in [3.8, 4) is 0 Å². The third-order valence-electron chi connectivity index (χ3n) is 3.05. The fourth-order valence-corrected chi connectivity index (χ4v) is 2.38. The van der Waals surface area contributed by atoms with Crippen LogP contribution in [0.1, 0.15) is 26.0 Å². The zero-order chi connectivity index (χ0) is 11.7. The van der Waals surface area contributed by atoms with E-state index in [1.165, 1.54) is 6.42 Å². The van der Waals surface area contributed by atoms with Gasteiger partial charge in [-0.15, -0.1) is 0 Å². The third kappa shape index (κ3) is 2.09. The van der Waals surface area contributed by atoms with Gasteiger partial charge in [0.25, 0.3) is 0 Å². The fourth-order valence-electron chi connectivity index (χ4n) is 2.38. The van der Waals surface area contributed by atoms with Gasteiger partial charge in [-0.3, -0.25) is 5.43 Å². The van der Waals surface area contributed by atoms with E-state index in [-0.39, 0.29) is 0 Å². The number of hydrogen-bond acceptors (Lipinski definition) is 5. The van der Waals surface area contributed by atoms with Crippen LogP contribution in [0.5, 0.6) is 0 Å². The quantitative estimate of drug-likeness (QED) is 0.582. The van der Waals surface area contributed by atoms with Gasteiger partial charge < -0.3 is 4.90 Å². The second-order valence-electron chi connectivity index (χ2n) is 4.68. The molecular formula is C11H19N5. The predicted molar refractivity (Wildman–Crippen MR) is 65.2 cm³/mol. The summed E-state index contributed by atoms with van der Waals surface area (Å²) in [5, 5.41) is 0. The van der Waals surface area contributed by atoms with E-state index < -0.39 is 0 Å². The molecule has 1 saturated heterocycles. The maximum Gasteiger partial charge on any atom is 0.239 e. The van der Waals surface area contributed by atoms with E-state index in [1.54, 1.807) is 0 Å². The minimum Gasteiger partial charge on any atom is -0.353 e. The molecule has 2 unspecified atom stereocenters. The molecule has 1 aliphatic rings. The van der Waals surface area contributed by atoms with Crippen molar-refractivity contribution in [1.29, 1.82) is 0 Å². The Labute approximate surface area is 96.0 Å². The number of nitrogen functional groups attached to an aromatic ring is 1. The molecule has 0 aromatic carbocycles. The molecule has 1 fully saturated rings. The highest BCUT2D eigenvalue weighted by Gasteiger charge is 2.27. The molecule has 2 rings (SSSR count). The lowest BCUT2D eigenvalue weighted by atomic mass is 10.1. The van der Waals surface area contributed by atoms with Crippen LogP contribution in [0.3, 0.4) is 0 Å². The van der Waals surface area contributed by atoms with Gasteiger partial charge in [0.15, 0.2) is 0 Å². The number of aryl methyl sites for hydroxylation is 1. The van der Waals surface area contributed by atoms with Gasteiger partial charge in [-0.05, 0) is 26.2 Å². The lowest BCUT2D eigenvalue weighted by Gasteiger charge is -2.23. The molecule has 1 aromatic rings. The Morgan fingerprint density at radius 1 is 1.44 bits per heavy atom. The molecule has 5 nitrogen and oxygen atoms in total. The van der Waals surface area contributed by atoms with E-state index in [4.69, 9.17) is 5.84 Å². The minimum atomic E-state index is 0.488. The lowest BCUT2D eigenvalue weighted by molar-refractivity contribution is 0.625. The Morgan fingerprint density at radius 2 is 2.19 bits per heavy atom. The van der Waals surface area contributed by atoms with Crippen molar-refractivity contribution in [2.24, 2.45) is 11.8 Å². The summed E-state index contributed by atoms with van der Waals surface area (Å²) in [6.45, 7) is 7.51. The van der Waals surface area contributed by atoms with Gasteiger partial charge in [0.2, 0.25) is 5.95 Å². The van der Waals surface area contributed by atoms with Gasteiger partial charge in [0.05, 0.1) is 0 Å². The van der Waals surface area contributed by atoms with Crippen LogP contribution in [0.15, 0.2) is 6.07 Å². The molecule has 0 aliphatic carbocycles. The molecule has 0 amide bonds. The monoisotopic (exact) mass is 221 g/mol. The Morgan fingerprint density at radius 3 is 2.75 bits per heavy atom. The SMILES string of the molecule is Cc1cc(N2CC(C)CC2C)nc(NN)n1. The van der Waals surface area contributed by atoms with Gasteiger partial charge in [-0.1, -0.05) is 6.92 Å². The van der Waals surface area contributed by atoms with E-state index in [2.05, 4.69) is 34.1 Å². The van der Waals surface area contributed by atoms with Crippen molar-refractivity contribution in [2.75, 3.05) is 16.9 Å². The van der Waals surface area contributed by atoms with Crippen molar-refractivity contribution in [1.82, 2.24) is 9.97 Å². The highest BCUT2D eigenvalue weighted by Crippen LogP contribution is 2.27. The first-order valence-electron chi connectivity index (χ1n) is 5.69. The summed E-state index contributed by atoms with van der Waals surface area (Å²) in [6.07, 6.45) is 1.22. The van der Waals surface area contributed by atoms with Gasteiger partial charge in [-0.2, -0.15) is 4.98 Å². The molecule has 0 saturated carbocycles. The number of aromatic nitrogens is 2. The topological polar surface area (TPSA) is 67.1 Å². The van der Waals surface area contributed by atoms with Gasteiger partial charge >= 0.3 is 0 Å². The molecule has 16 heavy (non-hydrogen) atoms. The average Bonchev–Trinajstić information content (AvgIpc) is 2.57. The average molecular weight is 221 g/mol. The van der Waals surface area contributed by atoms with Crippen molar-refractivity contribution in [3.05, 3.63) is 11.8 Å². The van der Waals surface area contributed by atoms with Crippen LogP contribution in [0.4, 0.5) is 11.8 Å². The number of nitrogens with zero attached hydrogens (tertiary/aromatic N) is 3. The minimum absolute atomic E-state index is 0.488. The van der Waals surface area contributed by atoms with Crippen molar-refractivity contribution < 1.29 is 0 Å². The van der Waals surface area contributed by atoms with Gasteiger partial charge in [0.1, 0.15) is 5.82 Å². The standard InChI is InChI=1S/C11H19N5/c1-7-4-9(3)16(6-7)10-5-8(2)13-11(14-10)15-12/h5,7,9H,4,6,12H2,1-3H3,(H,13,14,15). The van der Waals surface area contributed by atoms with E-state index in [0.29, 0.717) is 12.0 Å². The maximum absolute atomic E-state index is 5.35. The van der Waals surface area contributed by atoms with Crippen molar-refractivity contribution in [2.45, 2.75) is 33.2 Å². The molecule has 1 aromatic heterocycles. The van der Waals surface area contributed by atoms with E-state index in [9.17, 15) is 0 Å². The second kappa shape index (κ2) is 4.25. The Balaban J connectivity index is 2.29.